The molecular weight excluding hydrogens is 415 g/mol. The number of anilines is 1. The third kappa shape index (κ3) is 4.16. The Hall–Kier alpha value is -3.25. The van der Waals surface area contributed by atoms with Crippen molar-refractivity contribution >= 4 is 28.8 Å². The highest BCUT2D eigenvalue weighted by Crippen LogP contribution is 2.29. The van der Waals surface area contributed by atoms with Gasteiger partial charge in [0.1, 0.15) is 5.82 Å². The first-order valence-corrected chi connectivity index (χ1v) is 10.4. The molecule has 31 heavy (non-hydrogen) atoms. The summed E-state index contributed by atoms with van der Waals surface area (Å²) in [4.78, 5) is 17.2. The SMILES string of the molecule is Cc1nc2c(-c3ccccc3)c(C)nn2c(C)c1CCC(=O)Nc1ccc(F)c(Cl)c1. The first-order valence-electron chi connectivity index (χ1n) is 10.0. The zero-order valence-electron chi connectivity index (χ0n) is 17.5. The molecule has 0 aliphatic carbocycles. The standard InChI is InChI=1S/C24H22ClFN4O/c1-14-19(10-12-22(31)28-18-9-11-21(26)20(25)13-18)16(3)30-24(27-14)23(15(2)29-30)17-7-5-4-6-8-17/h4-9,11,13H,10,12H2,1-3H3,(H,28,31). The van der Waals surface area contributed by atoms with Crippen LogP contribution in [0.2, 0.25) is 5.02 Å². The molecule has 4 rings (SSSR count). The molecule has 5 nitrogen and oxygen atoms in total. The van der Waals surface area contributed by atoms with Gasteiger partial charge in [-0.05, 0) is 56.5 Å². The molecule has 0 saturated heterocycles. The van der Waals surface area contributed by atoms with Gasteiger partial charge in [0.15, 0.2) is 5.65 Å². The number of nitrogens with one attached hydrogen (secondary N) is 1. The van der Waals surface area contributed by atoms with E-state index in [1.165, 1.54) is 18.2 Å². The molecule has 4 aromatic rings. The van der Waals surface area contributed by atoms with E-state index < -0.39 is 5.82 Å². The Morgan fingerprint density at radius 1 is 1.10 bits per heavy atom. The van der Waals surface area contributed by atoms with Gasteiger partial charge in [0, 0.05) is 29.1 Å². The van der Waals surface area contributed by atoms with Crippen molar-refractivity contribution < 1.29 is 9.18 Å². The van der Waals surface area contributed by atoms with Gasteiger partial charge in [-0.15, -0.1) is 0 Å². The fourth-order valence-electron chi connectivity index (χ4n) is 3.81. The quantitative estimate of drug-likeness (QED) is 0.437. The highest BCUT2D eigenvalue weighted by atomic mass is 35.5. The summed E-state index contributed by atoms with van der Waals surface area (Å²) in [5, 5.41) is 7.44. The lowest BCUT2D eigenvalue weighted by Gasteiger charge is -2.12. The van der Waals surface area contributed by atoms with Crippen molar-refractivity contribution in [1.29, 1.82) is 0 Å². The molecule has 0 aliphatic rings. The lowest BCUT2D eigenvalue weighted by Crippen LogP contribution is -2.14. The maximum Gasteiger partial charge on any atom is 0.224 e. The molecule has 0 radical (unpaired) electrons. The summed E-state index contributed by atoms with van der Waals surface area (Å²) in [6.45, 7) is 5.93. The lowest BCUT2D eigenvalue weighted by atomic mass is 10.0. The molecule has 2 aromatic carbocycles. The maximum absolute atomic E-state index is 13.3. The Morgan fingerprint density at radius 3 is 2.55 bits per heavy atom. The number of carbonyl (C=O) groups excluding carboxylic acids is 1. The number of rotatable bonds is 5. The molecule has 0 unspecified atom stereocenters. The lowest BCUT2D eigenvalue weighted by molar-refractivity contribution is -0.116. The van der Waals surface area contributed by atoms with Crippen molar-refractivity contribution in [2.75, 3.05) is 5.32 Å². The van der Waals surface area contributed by atoms with Gasteiger partial charge in [-0.25, -0.2) is 13.9 Å². The van der Waals surface area contributed by atoms with Gasteiger partial charge in [0.05, 0.1) is 10.7 Å². The fraction of sp³-hybridized carbons (Fsp3) is 0.208. The molecule has 0 fully saturated rings. The number of carbonyl (C=O) groups is 1. The van der Waals surface area contributed by atoms with Gasteiger partial charge in [-0.3, -0.25) is 4.79 Å². The smallest absolute Gasteiger partial charge is 0.224 e. The molecular formula is C24H22ClFN4O. The monoisotopic (exact) mass is 436 g/mol. The van der Waals surface area contributed by atoms with Crippen LogP contribution >= 0.6 is 11.6 Å². The fourth-order valence-corrected chi connectivity index (χ4v) is 3.99. The maximum atomic E-state index is 13.3. The average Bonchev–Trinajstić information content (AvgIpc) is 3.07. The van der Waals surface area contributed by atoms with Crippen LogP contribution in [-0.4, -0.2) is 20.5 Å². The number of hydrogen-bond donors (Lipinski definition) is 1. The largest absolute Gasteiger partial charge is 0.326 e. The van der Waals surface area contributed by atoms with E-state index in [4.69, 9.17) is 21.7 Å². The van der Waals surface area contributed by atoms with E-state index >= 15 is 0 Å². The van der Waals surface area contributed by atoms with E-state index in [1.807, 2.05) is 43.5 Å². The zero-order chi connectivity index (χ0) is 22.1. The third-order valence-electron chi connectivity index (χ3n) is 5.37. The number of benzene rings is 2. The van der Waals surface area contributed by atoms with Crippen LogP contribution in [0.25, 0.3) is 16.8 Å². The van der Waals surface area contributed by atoms with E-state index in [1.54, 1.807) is 0 Å². The van der Waals surface area contributed by atoms with Crippen LogP contribution in [0.1, 0.15) is 29.1 Å². The number of hydrogen-bond acceptors (Lipinski definition) is 3. The molecule has 7 heteroatoms. The molecule has 0 spiro atoms. The number of aryl methyl sites for hydroxylation is 3. The third-order valence-corrected chi connectivity index (χ3v) is 5.66. The number of halogens is 2. The van der Waals surface area contributed by atoms with E-state index in [-0.39, 0.29) is 17.4 Å². The van der Waals surface area contributed by atoms with Crippen molar-refractivity contribution in [2.45, 2.75) is 33.6 Å². The summed E-state index contributed by atoms with van der Waals surface area (Å²) >= 11 is 5.78. The molecule has 1 N–H and O–H groups in total. The molecule has 2 heterocycles. The molecule has 158 valence electrons. The summed E-state index contributed by atoms with van der Waals surface area (Å²) in [5.74, 6) is -0.696. The minimum absolute atomic E-state index is 0.0255. The van der Waals surface area contributed by atoms with Crippen LogP contribution < -0.4 is 5.32 Å². The first-order chi connectivity index (χ1) is 14.8. The Labute approximate surface area is 184 Å². The highest BCUT2D eigenvalue weighted by Gasteiger charge is 2.18. The average molecular weight is 437 g/mol. The second-order valence-electron chi connectivity index (χ2n) is 7.50. The number of aromatic nitrogens is 3. The van der Waals surface area contributed by atoms with Crippen molar-refractivity contribution in [3.63, 3.8) is 0 Å². The van der Waals surface area contributed by atoms with E-state index in [2.05, 4.69) is 17.4 Å². The van der Waals surface area contributed by atoms with E-state index in [0.717, 1.165) is 39.4 Å². The molecule has 2 aromatic heterocycles. The topological polar surface area (TPSA) is 59.3 Å². The molecule has 0 atom stereocenters. The molecule has 0 saturated carbocycles. The van der Waals surface area contributed by atoms with Crippen LogP contribution in [-0.2, 0) is 11.2 Å². The van der Waals surface area contributed by atoms with Crippen LogP contribution in [0, 0.1) is 26.6 Å². The predicted molar refractivity (Wildman–Crippen MR) is 121 cm³/mol. The Balaban J connectivity index is 1.58. The number of amides is 1. The normalized spacial score (nSPS) is 11.1. The van der Waals surface area contributed by atoms with Crippen molar-refractivity contribution in [1.82, 2.24) is 14.6 Å². The van der Waals surface area contributed by atoms with Crippen molar-refractivity contribution in [3.05, 3.63) is 82.0 Å². The Morgan fingerprint density at radius 2 is 1.84 bits per heavy atom. The van der Waals surface area contributed by atoms with E-state index in [9.17, 15) is 9.18 Å². The van der Waals surface area contributed by atoms with Crippen LogP contribution in [0.5, 0.6) is 0 Å². The summed E-state index contributed by atoms with van der Waals surface area (Å²) in [7, 11) is 0. The van der Waals surface area contributed by atoms with E-state index in [0.29, 0.717) is 12.1 Å². The van der Waals surface area contributed by atoms with Crippen molar-refractivity contribution in [3.8, 4) is 11.1 Å². The van der Waals surface area contributed by atoms with Gasteiger partial charge in [0.25, 0.3) is 0 Å². The second kappa shape index (κ2) is 8.47. The number of fused-ring (bicyclic) bond motifs is 1. The summed E-state index contributed by atoms with van der Waals surface area (Å²) in [5.41, 5.74) is 7.11. The molecule has 1 amide bonds. The van der Waals surface area contributed by atoms with Gasteiger partial charge < -0.3 is 5.32 Å². The highest BCUT2D eigenvalue weighted by molar-refractivity contribution is 6.31. The second-order valence-corrected chi connectivity index (χ2v) is 7.91. The number of nitrogens with zero attached hydrogens (tertiary/aromatic N) is 3. The minimum Gasteiger partial charge on any atom is -0.326 e. The Bertz CT molecular complexity index is 1280. The Kier molecular flexibility index (Phi) is 5.74. The van der Waals surface area contributed by atoms with Crippen LogP contribution in [0.15, 0.2) is 48.5 Å². The molecule has 0 aliphatic heterocycles. The minimum atomic E-state index is -0.519. The van der Waals surface area contributed by atoms with Gasteiger partial charge in [-0.1, -0.05) is 41.9 Å². The van der Waals surface area contributed by atoms with Gasteiger partial charge in [-0.2, -0.15) is 5.10 Å². The summed E-state index contributed by atoms with van der Waals surface area (Å²) < 4.78 is 15.2. The van der Waals surface area contributed by atoms with Gasteiger partial charge in [0.2, 0.25) is 5.91 Å². The van der Waals surface area contributed by atoms with Gasteiger partial charge >= 0.3 is 0 Å². The zero-order valence-corrected chi connectivity index (χ0v) is 18.3. The summed E-state index contributed by atoms with van der Waals surface area (Å²) in [6.07, 6.45) is 0.774. The van der Waals surface area contributed by atoms with Crippen LogP contribution in [0.3, 0.4) is 0 Å². The summed E-state index contributed by atoms with van der Waals surface area (Å²) in [6, 6.07) is 14.2. The first kappa shape index (κ1) is 21.0. The van der Waals surface area contributed by atoms with Crippen LogP contribution in [0.4, 0.5) is 10.1 Å². The predicted octanol–water partition coefficient (Wildman–Crippen LogP) is 5.69. The van der Waals surface area contributed by atoms with Crippen molar-refractivity contribution in [2.24, 2.45) is 0 Å². The molecule has 0 bridgehead atoms.